The van der Waals surface area contributed by atoms with Gasteiger partial charge in [0.15, 0.2) is 5.88 Å². The monoisotopic (exact) mass is 619 g/mol. The normalized spacial score (nSPS) is 26.2. The fraction of sp³-hybridized carbons (Fsp3) is 0.634. The quantitative estimate of drug-likeness (QED) is 0.139. The lowest BCUT2D eigenvalue weighted by molar-refractivity contribution is -0.114. The van der Waals surface area contributed by atoms with Gasteiger partial charge in [-0.1, -0.05) is 87.9 Å². The molecule has 1 fully saturated rings. The second kappa shape index (κ2) is 17.9. The minimum absolute atomic E-state index is 0.00808. The molecule has 7 unspecified atom stereocenters. The van der Waals surface area contributed by atoms with Crippen molar-refractivity contribution in [3.63, 3.8) is 0 Å². The zero-order chi connectivity index (χ0) is 33.8. The SMILES string of the molecule is CC/C=C(/C)CCC1c2ccccc2C2C=CC=CC21.CC/C=C(/NC(C)(C)C(C=O)CC1CC(C)C1C)OC(C)(C)C.CO. The molecule has 7 atom stereocenters. The summed E-state index contributed by atoms with van der Waals surface area (Å²) < 4.78 is 6.03. The number of hydrogen-bond acceptors (Lipinski definition) is 4. The van der Waals surface area contributed by atoms with Gasteiger partial charge in [-0.25, -0.2) is 0 Å². The molecule has 4 heteroatoms. The Hall–Kier alpha value is -2.59. The molecular weight excluding hydrogens is 554 g/mol. The zero-order valence-electron chi connectivity index (χ0n) is 30.4. The molecule has 252 valence electrons. The van der Waals surface area contributed by atoms with Crippen LogP contribution in [0.2, 0.25) is 0 Å². The van der Waals surface area contributed by atoms with Crippen LogP contribution in [0.3, 0.4) is 0 Å². The van der Waals surface area contributed by atoms with E-state index in [-0.39, 0.29) is 17.1 Å². The number of carbonyl (C=O) groups excluding carboxylic acids is 1. The van der Waals surface area contributed by atoms with Gasteiger partial charge in [0.25, 0.3) is 0 Å². The third kappa shape index (κ3) is 11.0. The van der Waals surface area contributed by atoms with E-state index in [2.05, 4.69) is 115 Å². The van der Waals surface area contributed by atoms with Crippen LogP contribution in [0.25, 0.3) is 0 Å². The molecule has 0 heterocycles. The number of allylic oxidation sites excluding steroid dienone is 7. The maximum Gasteiger partial charge on any atom is 0.183 e. The average Bonchev–Trinajstić information content (AvgIpc) is 3.32. The first kappa shape index (κ1) is 38.6. The van der Waals surface area contributed by atoms with Crippen molar-refractivity contribution in [3.8, 4) is 0 Å². The summed E-state index contributed by atoms with van der Waals surface area (Å²) in [7, 11) is 1.00. The summed E-state index contributed by atoms with van der Waals surface area (Å²) in [5.41, 5.74) is 4.12. The van der Waals surface area contributed by atoms with Gasteiger partial charge < -0.3 is 20.0 Å². The number of rotatable bonds is 12. The van der Waals surface area contributed by atoms with Crippen LogP contribution in [0.5, 0.6) is 0 Å². The predicted molar refractivity (Wildman–Crippen MR) is 192 cm³/mol. The van der Waals surface area contributed by atoms with E-state index in [1.807, 2.05) is 20.8 Å². The van der Waals surface area contributed by atoms with Gasteiger partial charge in [0.1, 0.15) is 11.9 Å². The number of carbonyl (C=O) groups is 1. The number of nitrogens with one attached hydrogen (secondary N) is 1. The molecule has 1 saturated carbocycles. The highest BCUT2D eigenvalue weighted by Crippen LogP contribution is 2.51. The van der Waals surface area contributed by atoms with Crippen LogP contribution in [-0.2, 0) is 9.53 Å². The number of hydrogen-bond donors (Lipinski definition) is 2. The molecule has 3 aliphatic rings. The van der Waals surface area contributed by atoms with Crippen molar-refractivity contribution in [2.75, 3.05) is 7.11 Å². The van der Waals surface area contributed by atoms with E-state index in [0.29, 0.717) is 23.7 Å². The highest BCUT2D eigenvalue weighted by molar-refractivity contribution is 5.56. The number of aliphatic hydroxyl groups excluding tert-OH is 1. The fourth-order valence-electron chi connectivity index (χ4n) is 7.24. The van der Waals surface area contributed by atoms with Crippen molar-refractivity contribution in [1.29, 1.82) is 0 Å². The Labute approximate surface area is 276 Å². The van der Waals surface area contributed by atoms with Gasteiger partial charge in [0.05, 0.1) is 0 Å². The lowest BCUT2D eigenvalue weighted by Crippen LogP contribution is -2.49. The van der Waals surface area contributed by atoms with Crippen LogP contribution in [-0.4, -0.2) is 29.6 Å². The summed E-state index contributed by atoms with van der Waals surface area (Å²) in [5.74, 6) is 4.94. The second-order valence-electron chi connectivity index (χ2n) is 15.0. The zero-order valence-corrected chi connectivity index (χ0v) is 30.4. The molecule has 0 spiro atoms. The van der Waals surface area contributed by atoms with E-state index in [0.717, 1.165) is 50.4 Å². The summed E-state index contributed by atoms with van der Waals surface area (Å²) in [6.45, 7) is 21.5. The minimum atomic E-state index is -0.313. The topological polar surface area (TPSA) is 58.6 Å². The Morgan fingerprint density at radius 3 is 2.18 bits per heavy atom. The van der Waals surface area contributed by atoms with E-state index < -0.39 is 0 Å². The first-order valence-corrected chi connectivity index (χ1v) is 17.5. The summed E-state index contributed by atoms with van der Waals surface area (Å²) in [5, 5.41) is 10.5. The molecule has 0 saturated heterocycles. The second-order valence-corrected chi connectivity index (χ2v) is 15.0. The summed E-state index contributed by atoms with van der Waals surface area (Å²) in [4.78, 5) is 11.7. The molecule has 4 rings (SSSR count). The molecule has 0 bridgehead atoms. The van der Waals surface area contributed by atoms with Gasteiger partial charge in [0.2, 0.25) is 0 Å². The Morgan fingerprint density at radius 2 is 1.62 bits per heavy atom. The summed E-state index contributed by atoms with van der Waals surface area (Å²) >= 11 is 0. The van der Waals surface area contributed by atoms with Gasteiger partial charge in [-0.15, -0.1) is 0 Å². The van der Waals surface area contributed by atoms with E-state index >= 15 is 0 Å². The average molecular weight is 620 g/mol. The molecule has 3 aliphatic carbocycles. The van der Waals surface area contributed by atoms with Crippen LogP contribution in [0.1, 0.15) is 131 Å². The molecule has 1 aromatic rings. The standard InChI is InChI=1S/C20H37NO2.C20H24.CH4O/c1-9-10-18(23-19(4,5)6)21-20(7,8)17(13-22)12-16-11-14(2)15(16)3;1-3-8-15(2)13-14-20-18-11-6-4-9-16(18)17-10-5-7-12-19(17)20;1-2/h10,13-17,21H,9,11-12H2,1-8H3;4-12,16,18,20H,3,13-14H2,1-2H3;2H,1H3/b18-10-;15-8-;. The highest BCUT2D eigenvalue weighted by Gasteiger charge is 2.40. The van der Waals surface area contributed by atoms with Crippen molar-refractivity contribution in [1.82, 2.24) is 5.32 Å². The molecular formula is C41H65NO3. The van der Waals surface area contributed by atoms with Crippen LogP contribution >= 0.6 is 0 Å². The first-order chi connectivity index (χ1) is 21.3. The predicted octanol–water partition coefficient (Wildman–Crippen LogP) is 10.3. The number of aliphatic hydroxyl groups is 1. The molecule has 0 aliphatic heterocycles. The van der Waals surface area contributed by atoms with Crippen molar-refractivity contribution in [2.24, 2.45) is 29.6 Å². The maximum atomic E-state index is 11.7. The van der Waals surface area contributed by atoms with E-state index in [9.17, 15) is 4.79 Å². The minimum Gasteiger partial charge on any atom is -0.474 e. The number of benzene rings is 1. The third-order valence-electron chi connectivity index (χ3n) is 10.0. The molecule has 2 N–H and O–H groups in total. The maximum absolute atomic E-state index is 11.7. The van der Waals surface area contributed by atoms with E-state index in [4.69, 9.17) is 9.84 Å². The van der Waals surface area contributed by atoms with Crippen LogP contribution in [0.4, 0.5) is 0 Å². The fourth-order valence-corrected chi connectivity index (χ4v) is 7.24. The van der Waals surface area contributed by atoms with Crippen LogP contribution in [0.15, 0.2) is 72.2 Å². The van der Waals surface area contributed by atoms with Crippen molar-refractivity contribution >= 4 is 6.29 Å². The highest BCUT2D eigenvalue weighted by atomic mass is 16.5. The third-order valence-corrected chi connectivity index (χ3v) is 10.0. The van der Waals surface area contributed by atoms with Crippen molar-refractivity contribution in [2.45, 2.75) is 131 Å². The van der Waals surface area contributed by atoms with Crippen molar-refractivity contribution in [3.05, 3.63) is 83.3 Å². The molecule has 1 aromatic carbocycles. The van der Waals surface area contributed by atoms with Crippen LogP contribution in [0, 0.1) is 29.6 Å². The molecule has 0 radical (unpaired) electrons. The number of ether oxygens (including phenoxy) is 1. The van der Waals surface area contributed by atoms with Gasteiger partial charge in [-0.2, -0.15) is 0 Å². The number of fused-ring (bicyclic) bond motifs is 3. The Morgan fingerprint density at radius 1 is 1.00 bits per heavy atom. The molecule has 0 amide bonds. The number of aldehydes is 1. The summed E-state index contributed by atoms with van der Waals surface area (Å²) in [6.07, 6.45) is 21.6. The first-order valence-electron chi connectivity index (χ1n) is 17.5. The van der Waals surface area contributed by atoms with Crippen LogP contribution < -0.4 is 5.32 Å². The lowest BCUT2D eigenvalue weighted by atomic mass is 9.62. The summed E-state index contributed by atoms with van der Waals surface area (Å²) in [6, 6.07) is 9.06. The molecule has 4 nitrogen and oxygen atoms in total. The van der Waals surface area contributed by atoms with Gasteiger partial charge in [-0.05, 0) is 127 Å². The smallest absolute Gasteiger partial charge is 0.183 e. The molecule has 45 heavy (non-hydrogen) atoms. The van der Waals surface area contributed by atoms with Crippen molar-refractivity contribution < 1.29 is 14.6 Å². The largest absolute Gasteiger partial charge is 0.474 e. The van der Waals surface area contributed by atoms with Gasteiger partial charge in [-0.3, -0.25) is 0 Å². The van der Waals surface area contributed by atoms with Gasteiger partial charge >= 0.3 is 0 Å². The molecule has 0 aromatic heterocycles. The Balaban J connectivity index is 0.000000299. The lowest BCUT2D eigenvalue weighted by Gasteiger charge is -2.45. The van der Waals surface area contributed by atoms with E-state index in [1.165, 1.54) is 19.3 Å². The van der Waals surface area contributed by atoms with E-state index in [1.54, 1.807) is 16.7 Å². The Bertz CT molecular complexity index is 1170. The Kier molecular flexibility index (Phi) is 15.4. The van der Waals surface area contributed by atoms with Gasteiger partial charge in [0, 0.05) is 24.5 Å².